The fourth-order valence-corrected chi connectivity index (χ4v) is 3.22. The van der Waals surface area contributed by atoms with Crippen molar-refractivity contribution in [2.75, 3.05) is 6.79 Å². The van der Waals surface area contributed by atoms with Gasteiger partial charge in [0.25, 0.3) is 5.56 Å². The molecule has 1 aliphatic rings. The van der Waals surface area contributed by atoms with Gasteiger partial charge in [-0.25, -0.2) is 0 Å². The van der Waals surface area contributed by atoms with Gasteiger partial charge in [-0.2, -0.15) is 5.26 Å². The van der Waals surface area contributed by atoms with Crippen molar-refractivity contribution in [3.8, 4) is 40.0 Å². The van der Waals surface area contributed by atoms with E-state index in [9.17, 15) is 10.1 Å². The summed E-state index contributed by atoms with van der Waals surface area (Å²) < 4.78 is 10.8. The highest BCUT2D eigenvalue weighted by atomic mass is 16.7. The van der Waals surface area contributed by atoms with Gasteiger partial charge in [0.2, 0.25) is 6.79 Å². The molecule has 128 valence electrons. The Labute approximate surface area is 150 Å². The number of hydrogen-bond acceptors (Lipinski definition) is 4. The van der Waals surface area contributed by atoms with Crippen LogP contribution in [0, 0.1) is 25.2 Å². The molecule has 26 heavy (non-hydrogen) atoms. The molecule has 4 rings (SSSR count). The molecule has 0 saturated carbocycles. The molecule has 3 aromatic rings. The van der Waals surface area contributed by atoms with E-state index in [0.29, 0.717) is 22.8 Å². The summed E-state index contributed by atoms with van der Waals surface area (Å²) in [6, 6.07) is 15.3. The van der Waals surface area contributed by atoms with Gasteiger partial charge in [-0.05, 0) is 43.2 Å². The molecule has 0 bridgehead atoms. The van der Waals surface area contributed by atoms with E-state index in [1.54, 1.807) is 12.1 Å². The highest BCUT2D eigenvalue weighted by Gasteiger charge is 2.18. The van der Waals surface area contributed by atoms with Gasteiger partial charge in [-0.1, -0.05) is 29.8 Å². The predicted molar refractivity (Wildman–Crippen MR) is 98.2 cm³/mol. The number of nitrogens with zero attached hydrogens (tertiary/aromatic N) is 1. The lowest BCUT2D eigenvalue weighted by molar-refractivity contribution is 0.174. The molecule has 0 atom stereocenters. The molecular formula is C21H16N2O3. The van der Waals surface area contributed by atoms with Gasteiger partial charge in [0.05, 0.1) is 0 Å². The number of aryl methyl sites for hydroxylation is 2. The number of nitriles is 1. The summed E-state index contributed by atoms with van der Waals surface area (Å²) in [5, 5.41) is 9.48. The summed E-state index contributed by atoms with van der Waals surface area (Å²) >= 11 is 0. The number of H-pyrrole nitrogens is 1. The van der Waals surface area contributed by atoms with Gasteiger partial charge in [0, 0.05) is 16.8 Å². The smallest absolute Gasteiger partial charge is 0.266 e. The first-order valence-electron chi connectivity index (χ1n) is 8.22. The minimum Gasteiger partial charge on any atom is -0.454 e. The number of aromatic nitrogens is 1. The van der Waals surface area contributed by atoms with Crippen molar-refractivity contribution in [1.29, 1.82) is 5.26 Å². The highest BCUT2D eigenvalue weighted by molar-refractivity contribution is 5.77. The maximum absolute atomic E-state index is 12.5. The lowest BCUT2D eigenvalue weighted by Crippen LogP contribution is -2.13. The lowest BCUT2D eigenvalue weighted by Gasteiger charge is -2.11. The van der Waals surface area contributed by atoms with Gasteiger partial charge < -0.3 is 14.5 Å². The number of aromatic amines is 1. The number of nitrogens with one attached hydrogen (secondary N) is 1. The first kappa shape index (κ1) is 16.0. The quantitative estimate of drug-likeness (QED) is 0.764. The second kappa shape index (κ2) is 6.08. The molecule has 0 unspecified atom stereocenters. The zero-order chi connectivity index (χ0) is 18.3. The van der Waals surface area contributed by atoms with Crippen LogP contribution in [0.15, 0.2) is 47.3 Å². The Morgan fingerprint density at radius 2 is 1.81 bits per heavy atom. The summed E-state index contributed by atoms with van der Waals surface area (Å²) in [5.41, 5.74) is 4.81. The van der Waals surface area contributed by atoms with Crippen LogP contribution < -0.4 is 15.0 Å². The Kier molecular flexibility index (Phi) is 3.74. The van der Waals surface area contributed by atoms with Crippen molar-refractivity contribution < 1.29 is 9.47 Å². The van der Waals surface area contributed by atoms with Crippen molar-refractivity contribution in [2.45, 2.75) is 13.8 Å². The van der Waals surface area contributed by atoms with E-state index >= 15 is 0 Å². The van der Waals surface area contributed by atoms with Crippen molar-refractivity contribution in [1.82, 2.24) is 4.98 Å². The van der Waals surface area contributed by atoms with Crippen molar-refractivity contribution in [2.24, 2.45) is 0 Å². The Hall–Kier alpha value is -3.52. The van der Waals surface area contributed by atoms with Crippen LogP contribution in [0.2, 0.25) is 0 Å². The molecule has 5 nitrogen and oxygen atoms in total. The standard InChI is InChI=1S/C21H16N2O3/c1-12-3-5-15(13(2)7-12)18-9-16(17(10-22)21(24)23-18)14-4-6-19-20(8-14)26-11-25-19/h3-9H,11H2,1-2H3,(H,23,24). The van der Waals surface area contributed by atoms with Crippen LogP contribution in [0.3, 0.4) is 0 Å². The molecule has 1 N–H and O–H groups in total. The first-order chi connectivity index (χ1) is 12.6. The van der Waals surface area contributed by atoms with E-state index in [4.69, 9.17) is 9.47 Å². The highest BCUT2D eigenvalue weighted by Crippen LogP contribution is 2.37. The van der Waals surface area contributed by atoms with Crippen molar-refractivity contribution in [3.63, 3.8) is 0 Å². The minimum absolute atomic E-state index is 0.0809. The molecule has 2 aromatic carbocycles. The number of fused-ring (bicyclic) bond motifs is 1. The third-order valence-electron chi connectivity index (χ3n) is 4.50. The Morgan fingerprint density at radius 1 is 1.00 bits per heavy atom. The van der Waals surface area contributed by atoms with Crippen LogP contribution in [0.4, 0.5) is 0 Å². The number of pyridine rings is 1. The van der Waals surface area contributed by atoms with E-state index in [2.05, 4.69) is 11.1 Å². The fraction of sp³-hybridized carbons (Fsp3) is 0.143. The maximum atomic E-state index is 12.5. The maximum Gasteiger partial charge on any atom is 0.266 e. The second-order valence-electron chi connectivity index (χ2n) is 6.30. The van der Waals surface area contributed by atoms with E-state index in [0.717, 1.165) is 22.3 Å². The summed E-state index contributed by atoms with van der Waals surface area (Å²) in [5.74, 6) is 1.27. The molecular weight excluding hydrogens is 328 g/mol. The summed E-state index contributed by atoms with van der Waals surface area (Å²) in [7, 11) is 0. The van der Waals surface area contributed by atoms with Crippen LogP contribution >= 0.6 is 0 Å². The zero-order valence-corrected chi connectivity index (χ0v) is 14.4. The first-order valence-corrected chi connectivity index (χ1v) is 8.22. The van der Waals surface area contributed by atoms with Gasteiger partial charge in [0.1, 0.15) is 11.6 Å². The van der Waals surface area contributed by atoms with Gasteiger partial charge in [0.15, 0.2) is 11.5 Å². The van der Waals surface area contributed by atoms with Crippen molar-refractivity contribution >= 4 is 0 Å². The zero-order valence-electron chi connectivity index (χ0n) is 14.4. The van der Waals surface area contributed by atoms with Gasteiger partial charge in [-0.15, -0.1) is 0 Å². The van der Waals surface area contributed by atoms with E-state index in [1.807, 2.05) is 44.2 Å². The third-order valence-corrected chi connectivity index (χ3v) is 4.50. The molecule has 1 aromatic heterocycles. The van der Waals surface area contributed by atoms with Crippen molar-refractivity contribution in [3.05, 3.63) is 69.5 Å². The second-order valence-corrected chi connectivity index (χ2v) is 6.30. The molecule has 0 radical (unpaired) electrons. The van der Waals surface area contributed by atoms with Gasteiger partial charge in [-0.3, -0.25) is 4.79 Å². The van der Waals surface area contributed by atoms with Crippen LogP contribution in [0.5, 0.6) is 11.5 Å². The average Bonchev–Trinajstić information content (AvgIpc) is 3.08. The van der Waals surface area contributed by atoms with Crippen LogP contribution in [-0.2, 0) is 0 Å². The minimum atomic E-state index is -0.405. The van der Waals surface area contributed by atoms with E-state index in [-0.39, 0.29) is 12.4 Å². The Morgan fingerprint density at radius 3 is 2.58 bits per heavy atom. The number of benzene rings is 2. The SMILES string of the molecule is Cc1ccc(-c2cc(-c3ccc4c(c3)OCO4)c(C#N)c(=O)[nH]2)c(C)c1. The predicted octanol–water partition coefficient (Wildman–Crippen LogP) is 3.93. The number of rotatable bonds is 2. The molecule has 0 aliphatic carbocycles. The summed E-state index contributed by atoms with van der Waals surface area (Å²) in [4.78, 5) is 15.3. The number of hydrogen-bond donors (Lipinski definition) is 1. The molecule has 5 heteroatoms. The molecule has 1 aliphatic heterocycles. The van der Waals surface area contributed by atoms with Crippen LogP contribution in [-0.4, -0.2) is 11.8 Å². The summed E-state index contributed by atoms with van der Waals surface area (Å²) in [6.45, 7) is 4.20. The topological polar surface area (TPSA) is 75.1 Å². The van der Waals surface area contributed by atoms with Crippen LogP contribution in [0.1, 0.15) is 16.7 Å². The Bertz CT molecular complexity index is 1120. The fourth-order valence-electron chi connectivity index (χ4n) is 3.22. The Balaban J connectivity index is 1.93. The molecule has 0 fully saturated rings. The molecule has 0 saturated heterocycles. The monoisotopic (exact) mass is 344 g/mol. The molecule has 0 spiro atoms. The van der Waals surface area contributed by atoms with E-state index < -0.39 is 5.56 Å². The third kappa shape index (κ3) is 2.62. The van der Waals surface area contributed by atoms with E-state index in [1.165, 1.54) is 0 Å². The van der Waals surface area contributed by atoms with Gasteiger partial charge >= 0.3 is 0 Å². The molecule has 0 amide bonds. The average molecular weight is 344 g/mol. The largest absolute Gasteiger partial charge is 0.454 e. The summed E-state index contributed by atoms with van der Waals surface area (Å²) in [6.07, 6.45) is 0. The molecule has 2 heterocycles. The number of ether oxygens (including phenoxy) is 2. The van der Waals surface area contributed by atoms with Crippen LogP contribution in [0.25, 0.3) is 22.4 Å². The lowest BCUT2D eigenvalue weighted by atomic mass is 9.96. The normalized spacial score (nSPS) is 12.0.